The van der Waals surface area contributed by atoms with Gasteiger partial charge in [-0.3, -0.25) is 0 Å². The van der Waals surface area contributed by atoms with Gasteiger partial charge in [0.15, 0.2) is 0 Å². The van der Waals surface area contributed by atoms with Gasteiger partial charge in [0.05, 0.1) is 0 Å². The number of allylic oxidation sites excluding steroid dienone is 1. The van der Waals surface area contributed by atoms with Crippen LogP contribution in [0.2, 0.25) is 0 Å². The Morgan fingerprint density at radius 3 is 2.50 bits per heavy atom. The van der Waals surface area contributed by atoms with E-state index in [1.807, 2.05) is 31.2 Å². The van der Waals surface area contributed by atoms with Gasteiger partial charge >= 0.3 is 0 Å². The topological polar surface area (TPSA) is 33.0 Å². The molecule has 0 radical (unpaired) electrons. The third-order valence-electron chi connectivity index (χ3n) is 1.40. The van der Waals surface area contributed by atoms with E-state index in [0.29, 0.717) is 5.75 Å². The summed E-state index contributed by atoms with van der Waals surface area (Å²) in [6.07, 6.45) is 5.56. The zero-order valence-electron chi connectivity index (χ0n) is 6.82. The second kappa shape index (κ2) is 4.20. The van der Waals surface area contributed by atoms with E-state index in [1.54, 1.807) is 18.4 Å². The Morgan fingerprint density at radius 1 is 1.33 bits per heavy atom. The molecule has 0 heterocycles. The molecule has 0 aliphatic heterocycles. The van der Waals surface area contributed by atoms with Gasteiger partial charge in [-0.25, -0.2) is 0 Å². The summed E-state index contributed by atoms with van der Waals surface area (Å²) in [4.78, 5) is 0. The minimum atomic E-state index is 0.575. The lowest BCUT2D eigenvalue weighted by atomic mass is 10.2. The molecule has 0 saturated carbocycles. The fourth-order valence-corrected chi connectivity index (χ4v) is 0.892. The van der Waals surface area contributed by atoms with Crippen molar-refractivity contribution in [2.24, 2.45) is 0 Å². The van der Waals surface area contributed by atoms with Crippen molar-refractivity contribution < 1.29 is 4.74 Å². The van der Waals surface area contributed by atoms with Crippen molar-refractivity contribution in [3.8, 4) is 12.0 Å². The standard InChI is InChI=1S/C10H9NO/c1-2-3-9-4-6-10(7-5-9)12-8-11/h2-7H,1H3. The first kappa shape index (κ1) is 8.35. The molecule has 0 aliphatic rings. The molecular weight excluding hydrogens is 150 g/mol. The number of nitriles is 1. The van der Waals surface area contributed by atoms with Crippen LogP contribution in [0.15, 0.2) is 30.3 Å². The molecular formula is C10H9NO. The number of hydrogen-bond acceptors (Lipinski definition) is 2. The number of benzene rings is 1. The van der Waals surface area contributed by atoms with Crippen LogP contribution in [0.5, 0.6) is 5.75 Å². The van der Waals surface area contributed by atoms with Crippen LogP contribution in [-0.4, -0.2) is 0 Å². The summed E-state index contributed by atoms with van der Waals surface area (Å²) in [5, 5.41) is 8.21. The van der Waals surface area contributed by atoms with E-state index in [2.05, 4.69) is 4.74 Å². The summed E-state index contributed by atoms with van der Waals surface area (Å²) < 4.78 is 4.62. The van der Waals surface area contributed by atoms with Gasteiger partial charge in [0, 0.05) is 0 Å². The molecule has 0 saturated heterocycles. The molecule has 1 aromatic carbocycles. The van der Waals surface area contributed by atoms with Crippen LogP contribution < -0.4 is 4.74 Å². The molecule has 2 nitrogen and oxygen atoms in total. The first-order chi connectivity index (χ1) is 5.86. The molecule has 0 amide bonds. The zero-order chi connectivity index (χ0) is 8.81. The average molecular weight is 159 g/mol. The Bertz CT molecular complexity index is 306. The van der Waals surface area contributed by atoms with E-state index in [4.69, 9.17) is 5.26 Å². The first-order valence-corrected chi connectivity index (χ1v) is 3.65. The highest BCUT2D eigenvalue weighted by molar-refractivity contribution is 5.50. The summed E-state index contributed by atoms with van der Waals surface area (Å²) in [5.74, 6) is 0.575. The smallest absolute Gasteiger partial charge is 0.292 e. The highest BCUT2D eigenvalue weighted by Crippen LogP contribution is 2.12. The second-order valence-corrected chi connectivity index (χ2v) is 2.26. The molecule has 1 rings (SSSR count). The van der Waals surface area contributed by atoms with Gasteiger partial charge in [-0.15, -0.1) is 5.26 Å². The van der Waals surface area contributed by atoms with E-state index in [0.717, 1.165) is 5.56 Å². The zero-order valence-corrected chi connectivity index (χ0v) is 6.82. The molecule has 0 atom stereocenters. The van der Waals surface area contributed by atoms with Gasteiger partial charge < -0.3 is 4.74 Å². The van der Waals surface area contributed by atoms with Crippen molar-refractivity contribution in [3.05, 3.63) is 35.9 Å². The lowest BCUT2D eigenvalue weighted by Crippen LogP contribution is -1.80. The normalized spacial score (nSPS) is 9.67. The minimum Gasteiger partial charge on any atom is -0.388 e. The molecule has 0 fully saturated rings. The number of nitrogens with zero attached hydrogens (tertiary/aromatic N) is 1. The molecule has 60 valence electrons. The second-order valence-electron chi connectivity index (χ2n) is 2.26. The van der Waals surface area contributed by atoms with Crippen molar-refractivity contribution in [1.82, 2.24) is 0 Å². The third-order valence-corrected chi connectivity index (χ3v) is 1.40. The van der Waals surface area contributed by atoms with Gasteiger partial charge in [0.2, 0.25) is 0 Å². The van der Waals surface area contributed by atoms with Crippen LogP contribution in [0, 0.1) is 11.5 Å². The average Bonchev–Trinajstić information content (AvgIpc) is 2.09. The van der Waals surface area contributed by atoms with Gasteiger partial charge in [-0.2, -0.15) is 0 Å². The summed E-state index contributed by atoms with van der Waals surface area (Å²) >= 11 is 0. The highest BCUT2D eigenvalue weighted by atomic mass is 16.5. The Balaban J connectivity index is 2.79. The molecule has 0 bridgehead atoms. The lowest BCUT2D eigenvalue weighted by molar-refractivity contribution is 0.507. The van der Waals surface area contributed by atoms with Crippen LogP contribution in [0.3, 0.4) is 0 Å². The fraction of sp³-hybridized carbons (Fsp3) is 0.100. The van der Waals surface area contributed by atoms with Crippen LogP contribution in [-0.2, 0) is 0 Å². The summed E-state index contributed by atoms with van der Waals surface area (Å²) in [6.45, 7) is 1.96. The predicted molar refractivity (Wildman–Crippen MR) is 47.4 cm³/mol. The van der Waals surface area contributed by atoms with Crippen LogP contribution in [0.25, 0.3) is 6.08 Å². The maximum Gasteiger partial charge on any atom is 0.292 e. The Hall–Kier alpha value is -1.75. The quantitative estimate of drug-likeness (QED) is 0.621. The number of rotatable bonds is 2. The van der Waals surface area contributed by atoms with Crippen LogP contribution >= 0.6 is 0 Å². The molecule has 0 spiro atoms. The Labute approximate surface area is 71.7 Å². The summed E-state index contributed by atoms with van der Waals surface area (Å²) in [7, 11) is 0. The molecule has 0 aromatic heterocycles. The minimum absolute atomic E-state index is 0.575. The Morgan fingerprint density at radius 2 is 2.00 bits per heavy atom. The first-order valence-electron chi connectivity index (χ1n) is 3.65. The van der Waals surface area contributed by atoms with Gasteiger partial charge in [-0.1, -0.05) is 24.3 Å². The largest absolute Gasteiger partial charge is 0.388 e. The maximum atomic E-state index is 8.21. The monoisotopic (exact) mass is 159 g/mol. The number of hydrogen-bond donors (Lipinski definition) is 0. The molecule has 1 aromatic rings. The lowest BCUT2D eigenvalue weighted by Gasteiger charge is -1.95. The predicted octanol–water partition coefficient (Wildman–Crippen LogP) is 2.58. The van der Waals surface area contributed by atoms with Crippen LogP contribution in [0.1, 0.15) is 12.5 Å². The van der Waals surface area contributed by atoms with Gasteiger partial charge in [0.25, 0.3) is 6.26 Å². The molecule has 0 aliphatic carbocycles. The van der Waals surface area contributed by atoms with E-state index >= 15 is 0 Å². The van der Waals surface area contributed by atoms with Crippen molar-refractivity contribution >= 4 is 6.08 Å². The molecule has 0 N–H and O–H groups in total. The Kier molecular flexibility index (Phi) is 2.92. The summed E-state index contributed by atoms with van der Waals surface area (Å²) in [6, 6.07) is 7.32. The molecule has 2 heteroatoms. The van der Waals surface area contributed by atoms with Crippen molar-refractivity contribution in [2.45, 2.75) is 6.92 Å². The maximum absolute atomic E-state index is 8.21. The van der Waals surface area contributed by atoms with Crippen molar-refractivity contribution in [2.75, 3.05) is 0 Å². The highest BCUT2D eigenvalue weighted by Gasteiger charge is 1.90. The number of ether oxygens (including phenoxy) is 1. The van der Waals surface area contributed by atoms with E-state index in [-0.39, 0.29) is 0 Å². The molecule has 0 unspecified atom stereocenters. The third kappa shape index (κ3) is 2.14. The van der Waals surface area contributed by atoms with E-state index < -0.39 is 0 Å². The van der Waals surface area contributed by atoms with Crippen molar-refractivity contribution in [3.63, 3.8) is 0 Å². The van der Waals surface area contributed by atoms with E-state index in [1.165, 1.54) is 0 Å². The van der Waals surface area contributed by atoms with Crippen molar-refractivity contribution in [1.29, 1.82) is 5.26 Å². The van der Waals surface area contributed by atoms with Crippen LogP contribution in [0.4, 0.5) is 0 Å². The molecule has 12 heavy (non-hydrogen) atoms. The van der Waals surface area contributed by atoms with Gasteiger partial charge in [0.1, 0.15) is 5.75 Å². The SMILES string of the molecule is CC=Cc1ccc(OC#N)cc1. The van der Waals surface area contributed by atoms with E-state index in [9.17, 15) is 0 Å². The summed E-state index contributed by atoms with van der Waals surface area (Å²) in [5.41, 5.74) is 1.10. The van der Waals surface area contributed by atoms with Gasteiger partial charge in [-0.05, 0) is 24.6 Å². The fourth-order valence-electron chi connectivity index (χ4n) is 0.892.